The van der Waals surface area contributed by atoms with Crippen LogP contribution in [0.15, 0.2) is 24.3 Å². The highest BCUT2D eigenvalue weighted by atomic mass is 32.2. The van der Waals surface area contributed by atoms with E-state index in [0.29, 0.717) is 5.75 Å². The Morgan fingerprint density at radius 2 is 1.71 bits per heavy atom. The van der Waals surface area contributed by atoms with Gasteiger partial charge in [0.1, 0.15) is 0 Å². The highest BCUT2D eigenvalue weighted by Crippen LogP contribution is 2.24. The van der Waals surface area contributed by atoms with Gasteiger partial charge in [0, 0.05) is 27.8 Å². The SMILES string of the molecule is CCCNC(CS(=O)C(C)C)c1ccc(C(C)(C)C)cc1. The third kappa shape index (κ3) is 5.91. The monoisotopic (exact) mass is 309 g/mol. The van der Waals surface area contributed by atoms with Crippen LogP contribution in [-0.4, -0.2) is 21.8 Å². The summed E-state index contributed by atoms with van der Waals surface area (Å²) < 4.78 is 12.2. The van der Waals surface area contributed by atoms with Gasteiger partial charge >= 0.3 is 0 Å². The minimum atomic E-state index is -0.791. The van der Waals surface area contributed by atoms with Crippen LogP contribution in [0.25, 0.3) is 0 Å². The molecule has 0 aromatic heterocycles. The average Bonchev–Trinajstić information content (AvgIpc) is 2.42. The van der Waals surface area contributed by atoms with Gasteiger partial charge in [-0.15, -0.1) is 0 Å². The Bertz CT molecular complexity index is 445. The van der Waals surface area contributed by atoms with E-state index in [2.05, 4.69) is 57.3 Å². The van der Waals surface area contributed by atoms with E-state index in [1.54, 1.807) is 0 Å². The largest absolute Gasteiger partial charge is 0.309 e. The third-order valence-corrected chi connectivity index (χ3v) is 5.39. The highest BCUT2D eigenvalue weighted by Gasteiger charge is 2.18. The fourth-order valence-corrected chi connectivity index (χ4v) is 3.19. The van der Waals surface area contributed by atoms with Gasteiger partial charge in [0.15, 0.2) is 0 Å². The minimum Gasteiger partial charge on any atom is -0.309 e. The Morgan fingerprint density at radius 1 is 1.14 bits per heavy atom. The summed E-state index contributed by atoms with van der Waals surface area (Å²) in [5.41, 5.74) is 2.75. The van der Waals surface area contributed by atoms with Crippen LogP contribution in [0.5, 0.6) is 0 Å². The molecular weight excluding hydrogens is 278 g/mol. The summed E-state index contributed by atoms with van der Waals surface area (Å²) in [7, 11) is -0.791. The first kappa shape index (κ1) is 18.4. The van der Waals surface area contributed by atoms with Crippen molar-refractivity contribution in [3.63, 3.8) is 0 Å². The number of hydrogen-bond donors (Lipinski definition) is 1. The molecule has 21 heavy (non-hydrogen) atoms. The summed E-state index contributed by atoms with van der Waals surface area (Å²) in [6, 6.07) is 8.96. The zero-order valence-electron chi connectivity index (χ0n) is 14.4. The fraction of sp³-hybridized carbons (Fsp3) is 0.667. The van der Waals surface area contributed by atoms with Crippen LogP contribution in [-0.2, 0) is 16.2 Å². The van der Waals surface area contributed by atoms with E-state index in [9.17, 15) is 4.21 Å². The van der Waals surface area contributed by atoms with Gasteiger partial charge in [-0.2, -0.15) is 0 Å². The van der Waals surface area contributed by atoms with E-state index in [-0.39, 0.29) is 16.7 Å². The van der Waals surface area contributed by atoms with Crippen molar-refractivity contribution in [2.24, 2.45) is 0 Å². The Balaban J connectivity index is 2.89. The lowest BCUT2D eigenvalue weighted by atomic mass is 9.86. The van der Waals surface area contributed by atoms with Gasteiger partial charge in [0.25, 0.3) is 0 Å². The van der Waals surface area contributed by atoms with Crippen LogP contribution in [0.4, 0.5) is 0 Å². The molecule has 1 aromatic carbocycles. The van der Waals surface area contributed by atoms with E-state index < -0.39 is 10.8 Å². The van der Waals surface area contributed by atoms with Crippen LogP contribution in [0, 0.1) is 0 Å². The molecule has 0 fully saturated rings. The molecule has 0 saturated carbocycles. The van der Waals surface area contributed by atoms with Gasteiger partial charge in [0.2, 0.25) is 0 Å². The van der Waals surface area contributed by atoms with E-state index in [1.165, 1.54) is 11.1 Å². The molecule has 0 aliphatic heterocycles. The summed E-state index contributed by atoms with van der Waals surface area (Å²) >= 11 is 0. The second-order valence-corrected chi connectivity index (χ2v) is 9.01. The second-order valence-electron chi connectivity index (χ2n) is 6.97. The first-order chi connectivity index (χ1) is 9.75. The molecule has 0 heterocycles. The molecule has 0 saturated heterocycles. The van der Waals surface area contributed by atoms with Gasteiger partial charge in [-0.3, -0.25) is 4.21 Å². The van der Waals surface area contributed by atoms with Gasteiger partial charge < -0.3 is 5.32 Å². The fourth-order valence-electron chi connectivity index (χ4n) is 2.16. The third-order valence-electron chi connectivity index (χ3n) is 3.68. The van der Waals surface area contributed by atoms with Crippen LogP contribution in [0.2, 0.25) is 0 Å². The predicted octanol–water partition coefficient (Wildman–Crippen LogP) is 4.18. The van der Waals surface area contributed by atoms with Crippen molar-refractivity contribution < 1.29 is 4.21 Å². The molecule has 1 rings (SSSR count). The van der Waals surface area contributed by atoms with Crippen LogP contribution in [0.3, 0.4) is 0 Å². The number of hydrogen-bond acceptors (Lipinski definition) is 2. The van der Waals surface area contributed by atoms with Crippen molar-refractivity contribution in [1.29, 1.82) is 0 Å². The first-order valence-electron chi connectivity index (χ1n) is 7.96. The molecule has 1 N–H and O–H groups in total. The maximum atomic E-state index is 12.2. The summed E-state index contributed by atoms with van der Waals surface area (Å²) in [6.07, 6.45) is 1.09. The molecule has 2 unspecified atom stereocenters. The molecule has 0 radical (unpaired) electrons. The number of rotatable bonds is 7. The molecule has 2 atom stereocenters. The van der Waals surface area contributed by atoms with E-state index in [0.717, 1.165) is 13.0 Å². The topological polar surface area (TPSA) is 29.1 Å². The Kier molecular flexibility index (Phi) is 7.08. The molecule has 0 aliphatic carbocycles. The lowest BCUT2D eigenvalue weighted by molar-refractivity contribution is 0.564. The van der Waals surface area contributed by atoms with Gasteiger partial charge in [-0.05, 0) is 29.5 Å². The van der Waals surface area contributed by atoms with Crippen molar-refractivity contribution in [2.75, 3.05) is 12.3 Å². The molecule has 0 bridgehead atoms. The van der Waals surface area contributed by atoms with Crippen molar-refractivity contribution >= 4 is 10.8 Å². The van der Waals surface area contributed by atoms with E-state index in [1.807, 2.05) is 13.8 Å². The van der Waals surface area contributed by atoms with E-state index in [4.69, 9.17) is 0 Å². The Labute approximate surface area is 133 Å². The molecule has 0 spiro atoms. The Hall–Kier alpha value is -0.670. The maximum absolute atomic E-state index is 12.2. The zero-order valence-corrected chi connectivity index (χ0v) is 15.2. The molecule has 120 valence electrons. The molecule has 0 amide bonds. The second kappa shape index (κ2) is 8.09. The summed E-state index contributed by atoms with van der Waals surface area (Å²) in [5, 5.41) is 3.75. The van der Waals surface area contributed by atoms with Crippen molar-refractivity contribution in [3.05, 3.63) is 35.4 Å². The molecule has 3 heteroatoms. The zero-order chi connectivity index (χ0) is 16.0. The normalized spacial score (nSPS) is 15.2. The van der Waals surface area contributed by atoms with Crippen LogP contribution >= 0.6 is 0 Å². The maximum Gasteiger partial charge on any atom is 0.0436 e. The van der Waals surface area contributed by atoms with Gasteiger partial charge in [-0.1, -0.05) is 65.8 Å². The lowest BCUT2D eigenvalue weighted by Crippen LogP contribution is -2.29. The number of benzene rings is 1. The summed E-state index contributed by atoms with van der Waals surface area (Å²) in [5.74, 6) is 0.687. The number of nitrogens with one attached hydrogen (secondary N) is 1. The quantitative estimate of drug-likeness (QED) is 0.818. The lowest BCUT2D eigenvalue weighted by Gasteiger charge is -2.23. The smallest absolute Gasteiger partial charge is 0.0436 e. The highest BCUT2D eigenvalue weighted by molar-refractivity contribution is 7.85. The van der Waals surface area contributed by atoms with Crippen LogP contribution < -0.4 is 5.32 Å². The van der Waals surface area contributed by atoms with Crippen molar-refractivity contribution in [3.8, 4) is 0 Å². The van der Waals surface area contributed by atoms with E-state index >= 15 is 0 Å². The first-order valence-corrected chi connectivity index (χ1v) is 9.35. The summed E-state index contributed by atoms with van der Waals surface area (Å²) in [4.78, 5) is 0. The van der Waals surface area contributed by atoms with Crippen LogP contribution in [0.1, 0.15) is 65.1 Å². The standard InChI is InChI=1S/C18H31NOS/c1-7-12-19-17(13-21(20)14(2)3)15-8-10-16(11-9-15)18(4,5)6/h8-11,14,17,19H,7,12-13H2,1-6H3. The van der Waals surface area contributed by atoms with Gasteiger partial charge in [0.05, 0.1) is 0 Å². The minimum absolute atomic E-state index is 0.172. The molecule has 2 nitrogen and oxygen atoms in total. The molecule has 0 aliphatic rings. The van der Waals surface area contributed by atoms with Gasteiger partial charge in [-0.25, -0.2) is 0 Å². The Morgan fingerprint density at radius 3 is 2.14 bits per heavy atom. The van der Waals surface area contributed by atoms with Crippen molar-refractivity contribution in [1.82, 2.24) is 5.32 Å². The average molecular weight is 310 g/mol. The van der Waals surface area contributed by atoms with Crippen molar-refractivity contribution in [2.45, 2.75) is 64.7 Å². The summed E-state index contributed by atoms with van der Waals surface area (Å²) in [6.45, 7) is 13.8. The predicted molar refractivity (Wildman–Crippen MR) is 94.3 cm³/mol. The molecule has 1 aromatic rings. The molecular formula is C18H31NOS.